The zero-order chi connectivity index (χ0) is 44.8. The van der Waals surface area contributed by atoms with Crippen molar-refractivity contribution < 1.29 is 46.6 Å². The second kappa shape index (κ2) is 19.3. The number of rotatable bonds is 19. The van der Waals surface area contributed by atoms with E-state index < -0.39 is 39.5 Å². The summed E-state index contributed by atoms with van der Waals surface area (Å²) in [7, 11) is -3.30. The van der Waals surface area contributed by atoms with Gasteiger partial charge in [0, 0.05) is 54.9 Å². The summed E-state index contributed by atoms with van der Waals surface area (Å²) >= 11 is 0. The Hall–Kier alpha value is -6.74. The van der Waals surface area contributed by atoms with Crippen LogP contribution in [0.3, 0.4) is 0 Å². The maximum atomic E-state index is 13.0. The number of hydrogen-bond donors (Lipinski definition) is 3. The van der Waals surface area contributed by atoms with Gasteiger partial charge in [0.2, 0.25) is 23.7 Å². The Morgan fingerprint density at radius 2 is 1.52 bits per heavy atom. The van der Waals surface area contributed by atoms with Crippen LogP contribution < -0.4 is 20.9 Å². The summed E-state index contributed by atoms with van der Waals surface area (Å²) in [5, 5.41) is 13.3. The molecular formula is C44H47N9O10S. The van der Waals surface area contributed by atoms with Gasteiger partial charge in [0.1, 0.15) is 6.04 Å². The molecule has 1 unspecified atom stereocenters. The minimum absolute atomic E-state index is 0.0153. The van der Waals surface area contributed by atoms with Crippen molar-refractivity contribution in [2.75, 3.05) is 87.7 Å². The van der Waals surface area contributed by atoms with E-state index >= 15 is 0 Å². The highest BCUT2D eigenvalue weighted by molar-refractivity contribution is 7.90. The van der Waals surface area contributed by atoms with Gasteiger partial charge in [-0.25, -0.2) is 12.9 Å². The van der Waals surface area contributed by atoms with Crippen LogP contribution in [-0.2, 0) is 38.4 Å². The number of nitrogens with one attached hydrogen (secondary N) is 3. The molecule has 334 valence electrons. The van der Waals surface area contributed by atoms with Gasteiger partial charge >= 0.3 is 0 Å². The lowest BCUT2D eigenvalue weighted by Crippen LogP contribution is -2.54. The number of hydrogen-bond acceptors (Lipinski definition) is 15. The number of imide groups is 2. The molecule has 0 aliphatic carbocycles. The average molecular weight is 894 g/mol. The minimum atomic E-state index is -3.30. The Kier molecular flexibility index (Phi) is 13.3. The molecule has 2 aromatic heterocycles. The molecule has 2 fully saturated rings. The SMILES string of the molecule is CS(=O)(=O)c1ccc(-c2cccc3nc(Nc4ccc(N5CCN(C(=O)CCOCCOCCOCCNc6ccc7c(c6)C(=O)N(C6CCC(=O)NC6=O)C7=O)C5)cc4)nn23)cc1. The van der Waals surface area contributed by atoms with Crippen LogP contribution in [0.4, 0.5) is 23.0 Å². The maximum Gasteiger partial charge on any atom is 0.262 e. The number of sulfone groups is 1. The maximum absolute atomic E-state index is 13.0. The van der Waals surface area contributed by atoms with E-state index in [1.54, 1.807) is 47.0 Å². The summed E-state index contributed by atoms with van der Waals surface area (Å²) in [5.74, 6) is -1.76. The van der Waals surface area contributed by atoms with Gasteiger partial charge in [-0.3, -0.25) is 34.2 Å². The number of amides is 5. The first kappa shape index (κ1) is 43.9. The Morgan fingerprint density at radius 1 is 0.812 bits per heavy atom. The average Bonchev–Trinajstić information content (AvgIpc) is 4.00. The standard InChI is InChI=1S/C44H47N9O10S/c1-64(59,60)33-12-5-29(6-13-33)36-3-2-4-38-47-44(49-53(36)38)46-30-7-10-32(11-8-30)50-19-20-51(28-50)40(55)17-21-61-23-25-63-26-24-62-22-18-45-31-9-14-34-35(27-31)43(58)52(42(34)57)37-15-16-39(54)48-41(37)56/h2-14,27,37,45H,15-26,28H2,1H3,(H,46,49)(H,48,54,56). The van der Waals surface area contributed by atoms with Gasteiger partial charge in [-0.15, -0.1) is 5.10 Å². The summed E-state index contributed by atoms with van der Waals surface area (Å²) in [6.45, 7) is 4.30. The van der Waals surface area contributed by atoms with Crippen molar-refractivity contribution in [2.45, 2.75) is 30.2 Å². The van der Waals surface area contributed by atoms with Crippen LogP contribution in [0.15, 0.2) is 89.8 Å². The molecule has 2 saturated heterocycles. The second-order valence-corrected chi connectivity index (χ2v) is 17.4. The minimum Gasteiger partial charge on any atom is -0.383 e. The van der Waals surface area contributed by atoms with Crippen LogP contribution in [0.2, 0.25) is 0 Å². The Morgan fingerprint density at radius 3 is 2.25 bits per heavy atom. The fraction of sp³-hybridized carbons (Fsp3) is 0.341. The van der Waals surface area contributed by atoms with Gasteiger partial charge in [-0.05, 0) is 73.2 Å². The third-order valence-corrected chi connectivity index (χ3v) is 12.1. The molecule has 1 atom stereocenters. The van der Waals surface area contributed by atoms with E-state index in [4.69, 9.17) is 14.2 Å². The van der Waals surface area contributed by atoms with Gasteiger partial charge in [0.15, 0.2) is 15.5 Å². The number of fused-ring (bicyclic) bond motifs is 2. The van der Waals surface area contributed by atoms with E-state index in [2.05, 4.69) is 30.9 Å². The molecule has 3 N–H and O–H groups in total. The van der Waals surface area contributed by atoms with Gasteiger partial charge in [0.25, 0.3) is 11.8 Å². The Balaban J connectivity index is 0.679. The smallest absolute Gasteiger partial charge is 0.262 e. The quantitative estimate of drug-likeness (QED) is 0.0801. The van der Waals surface area contributed by atoms with E-state index in [0.717, 1.165) is 27.5 Å². The second-order valence-electron chi connectivity index (χ2n) is 15.4. The third-order valence-electron chi connectivity index (χ3n) is 11.0. The van der Waals surface area contributed by atoms with Crippen molar-refractivity contribution in [1.82, 2.24) is 29.7 Å². The lowest BCUT2D eigenvalue weighted by Gasteiger charge is -2.27. The zero-order valence-corrected chi connectivity index (χ0v) is 35.8. The first-order valence-electron chi connectivity index (χ1n) is 20.8. The molecule has 3 aliphatic heterocycles. The normalized spacial score (nSPS) is 16.5. The highest BCUT2D eigenvalue weighted by Gasteiger charge is 2.44. The first-order valence-corrected chi connectivity index (χ1v) is 22.7. The summed E-state index contributed by atoms with van der Waals surface area (Å²) in [5.41, 5.74) is 5.03. The van der Waals surface area contributed by atoms with Crippen LogP contribution in [0.5, 0.6) is 0 Å². The largest absolute Gasteiger partial charge is 0.383 e. The molecule has 3 aliphatic rings. The van der Waals surface area contributed by atoms with E-state index in [-0.39, 0.29) is 47.8 Å². The number of pyridine rings is 1. The third kappa shape index (κ3) is 10.0. The molecule has 0 radical (unpaired) electrons. The highest BCUT2D eigenvalue weighted by atomic mass is 32.2. The fourth-order valence-corrected chi connectivity index (χ4v) is 8.28. The van der Waals surface area contributed by atoms with E-state index in [0.29, 0.717) is 76.6 Å². The molecule has 0 spiro atoms. The van der Waals surface area contributed by atoms with Crippen molar-refractivity contribution in [2.24, 2.45) is 0 Å². The summed E-state index contributed by atoms with van der Waals surface area (Å²) in [6.07, 6.45) is 1.60. The fourth-order valence-electron chi connectivity index (χ4n) is 7.65. The van der Waals surface area contributed by atoms with Gasteiger partial charge in [-0.1, -0.05) is 18.2 Å². The molecule has 3 aromatic carbocycles. The van der Waals surface area contributed by atoms with Gasteiger partial charge in [-0.2, -0.15) is 4.98 Å². The summed E-state index contributed by atoms with van der Waals surface area (Å²) in [6, 6.07) is 23.9. The molecule has 5 amide bonds. The van der Waals surface area contributed by atoms with Crippen molar-refractivity contribution in [3.63, 3.8) is 0 Å². The predicted molar refractivity (Wildman–Crippen MR) is 234 cm³/mol. The van der Waals surface area contributed by atoms with Crippen LogP contribution in [0.1, 0.15) is 40.0 Å². The molecule has 64 heavy (non-hydrogen) atoms. The molecule has 5 aromatic rings. The lowest BCUT2D eigenvalue weighted by atomic mass is 10.0. The predicted octanol–water partition coefficient (Wildman–Crippen LogP) is 3.10. The molecule has 0 saturated carbocycles. The van der Waals surface area contributed by atoms with E-state index in [9.17, 15) is 32.4 Å². The van der Waals surface area contributed by atoms with Crippen molar-refractivity contribution in [3.05, 3.63) is 96.1 Å². The molecule has 19 nitrogen and oxygen atoms in total. The van der Waals surface area contributed by atoms with Gasteiger partial charge < -0.3 is 34.6 Å². The Bertz CT molecular complexity index is 2670. The molecule has 5 heterocycles. The number of carbonyl (C=O) groups is 5. The Labute approximate surface area is 368 Å². The van der Waals surface area contributed by atoms with Crippen LogP contribution in [-0.4, -0.2) is 141 Å². The number of piperidine rings is 1. The van der Waals surface area contributed by atoms with E-state index in [1.165, 1.54) is 6.26 Å². The van der Waals surface area contributed by atoms with Crippen molar-refractivity contribution in [1.29, 1.82) is 0 Å². The lowest BCUT2D eigenvalue weighted by molar-refractivity contribution is -0.136. The molecule has 0 bridgehead atoms. The molecule has 20 heteroatoms. The summed E-state index contributed by atoms with van der Waals surface area (Å²) < 4.78 is 42.3. The number of carbonyl (C=O) groups excluding carboxylic acids is 5. The van der Waals surface area contributed by atoms with Crippen molar-refractivity contribution in [3.8, 4) is 11.3 Å². The number of anilines is 4. The number of benzene rings is 3. The van der Waals surface area contributed by atoms with Crippen LogP contribution in [0, 0.1) is 0 Å². The number of ether oxygens (including phenoxy) is 3. The van der Waals surface area contributed by atoms with Gasteiger partial charge in [0.05, 0.1) is 74.4 Å². The highest BCUT2D eigenvalue weighted by Crippen LogP contribution is 2.30. The molecule has 8 rings (SSSR count). The number of nitrogens with zero attached hydrogens (tertiary/aromatic N) is 6. The zero-order valence-electron chi connectivity index (χ0n) is 35.0. The van der Waals surface area contributed by atoms with E-state index in [1.807, 2.05) is 47.4 Å². The number of aromatic nitrogens is 3. The van der Waals surface area contributed by atoms with Crippen molar-refractivity contribution >= 4 is 68.0 Å². The summed E-state index contributed by atoms with van der Waals surface area (Å²) in [4.78, 5) is 72.4. The van der Waals surface area contributed by atoms with Crippen LogP contribution >= 0.6 is 0 Å². The first-order chi connectivity index (χ1) is 30.9. The topological polar surface area (TPSA) is 223 Å². The molecular weight excluding hydrogens is 847 g/mol. The van der Waals surface area contributed by atoms with Crippen LogP contribution in [0.25, 0.3) is 16.9 Å². The monoisotopic (exact) mass is 893 g/mol.